The molecular formula is C15H13BrN2O2S. The summed E-state index contributed by atoms with van der Waals surface area (Å²) in [6.45, 7) is 1.93. The van der Waals surface area contributed by atoms with Crippen LogP contribution in [0.3, 0.4) is 0 Å². The first-order valence-corrected chi connectivity index (χ1v) is 7.81. The molecule has 0 radical (unpaired) electrons. The van der Waals surface area contributed by atoms with E-state index < -0.39 is 0 Å². The fourth-order valence-corrected chi connectivity index (χ4v) is 2.51. The average Bonchev–Trinajstić information content (AvgIpc) is 2.98. The number of thiophene rings is 1. The Hall–Kier alpha value is -1.92. The van der Waals surface area contributed by atoms with Crippen molar-refractivity contribution in [1.82, 2.24) is 10.9 Å². The summed E-state index contributed by atoms with van der Waals surface area (Å²) in [5, 5.41) is 1.93. The lowest BCUT2D eigenvalue weighted by Crippen LogP contribution is -2.40. The summed E-state index contributed by atoms with van der Waals surface area (Å²) in [6.07, 6.45) is 3.06. The number of hydrogen-bond acceptors (Lipinski definition) is 3. The van der Waals surface area contributed by atoms with Crippen LogP contribution in [0, 0.1) is 6.92 Å². The SMILES string of the molecule is Cc1ccc(C(=O)NNC(=O)/C=C/c2cccs2)cc1Br. The van der Waals surface area contributed by atoms with Gasteiger partial charge >= 0.3 is 0 Å². The van der Waals surface area contributed by atoms with Crippen molar-refractivity contribution in [1.29, 1.82) is 0 Å². The molecule has 0 saturated heterocycles. The molecule has 108 valence electrons. The van der Waals surface area contributed by atoms with E-state index >= 15 is 0 Å². The van der Waals surface area contributed by atoms with Gasteiger partial charge in [0.15, 0.2) is 0 Å². The van der Waals surface area contributed by atoms with Crippen LogP contribution >= 0.6 is 27.3 Å². The molecule has 4 nitrogen and oxygen atoms in total. The molecule has 2 aromatic rings. The van der Waals surface area contributed by atoms with E-state index in [1.165, 1.54) is 17.4 Å². The van der Waals surface area contributed by atoms with Crippen LogP contribution in [0.25, 0.3) is 6.08 Å². The van der Waals surface area contributed by atoms with Gasteiger partial charge in [0.2, 0.25) is 0 Å². The fourth-order valence-electron chi connectivity index (χ4n) is 1.51. The molecule has 21 heavy (non-hydrogen) atoms. The third kappa shape index (κ3) is 4.54. The summed E-state index contributed by atoms with van der Waals surface area (Å²) in [4.78, 5) is 24.4. The molecule has 0 fully saturated rings. The highest BCUT2D eigenvalue weighted by atomic mass is 79.9. The zero-order chi connectivity index (χ0) is 15.2. The number of carbonyl (C=O) groups excluding carboxylic acids is 2. The van der Waals surface area contributed by atoms with Gasteiger partial charge < -0.3 is 0 Å². The molecule has 6 heteroatoms. The van der Waals surface area contributed by atoms with Crippen LogP contribution in [0.4, 0.5) is 0 Å². The van der Waals surface area contributed by atoms with Gasteiger partial charge in [-0.05, 0) is 42.1 Å². The first-order valence-electron chi connectivity index (χ1n) is 6.14. The molecule has 2 N–H and O–H groups in total. The number of nitrogens with one attached hydrogen (secondary N) is 2. The second kappa shape index (κ2) is 7.19. The zero-order valence-electron chi connectivity index (χ0n) is 11.2. The van der Waals surface area contributed by atoms with E-state index in [1.807, 2.05) is 30.5 Å². The Morgan fingerprint density at radius 2 is 2.05 bits per heavy atom. The van der Waals surface area contributed by atoms with Gasteiger partial charge in [0.25, 0.3) is 11.8 Å². The van der Waals surface area contributed by atoms with E-state index in [9.17, 15) is 9.59 Å². The minimum Gasteiger partial charge on any atom is -0.268 e. The van der Waals surface area contributed by atoms with Crippen LogP contribution in [0.1, 0.15) is 20.8 Å². The van der Waals surface area contributed by atoms with E-state index in [0.717, 1.165) is 14.9 Å². The molecular weight excluding hydrogens is 352 g/mol. The number of halogens is 1. The maximum Gasteiger partial charge on any atom is 0.269 e. The number of carbonyl (C=O) groups is 2. The summed E-state index contributed by atoms with van der Waals surface area (Å²) in [7, 11) is 0. The fraction of sp³-hybridized carbons (Fsp3) is 0.0667. The van der Waals surface area contributed by atoms with Gasteiger partial charge in [0, 0.05) is 21.0 Å². The standard InChI is InChI=1S/C15H13BrN2O2S/c1-10-4-5-11(9-13(10)16)15(20)18-17-14(19)7-6-12-3-2-8-21-12/h2-9H,1H3,(H,17,19)(H,18,20)/b7-6+. The normalized spacial score (nSPS) is 10.6. The number of benzene rings is 1. The molecule has 2 rings (SSSR count). The van der Waals surface area contributed by atoms with Gasteiger partial charge in [-0.25, -0.2) is 0 Å². The van der Waals surface area contributed by atoms with Crippen LogP contribution in [-0.4, -0.2) is 11.8 Å². The maximum absolute atomic E-state index is 11.9. The van der Waals surface area contributed by atoms with E-state index in [0.29, 0.717) is 5.56 Å². The molecule has 0 saturated carbocycles. The van der Waals surface area contributed by atoms with Crippen molar-refractivity contribution in [3.63, 3.8) is 0 Å². The van der Waals surface area contributed by atoms with Crippen molar-refractivity contribution in [3.05, 3.63) is 62.3 Å². The van der Waals surface area contributed by atoms with E-state index in [4.69, 9.17) is 0 Å². The van der Waals surface area contributed by atoms with Crippen molar-refractivity contribution in [2.45, 2.75) is 6.92 Å². The van der Waals surface area contributed by atoms with Gasteiger partial charge in [-0.1, -0.05) is 28.1 Å². The molecule has 2 amide bonds. The Morgan fingerprint density at radius 3 is 2.71 bits per heavy atom. The Morgan fingerprint density at radius 1 is 1.24 bits per heavy atom. The van der Waals surface area contributed by atoms with Crippen LogP contribution in [0.2, 0.25) is 0 Å². The topological polar surface area (TPSA) is 58.2 Å². The third-order valence-electron chi connectivity index (χ3n) is 2.68. The third-order valence-corrected chi connectivity index (χ3v) is 4.37. The van der Waals surface area contributed by atoms with Crippen molar-refractivity contribution >= 4 is 45.2 Å². The number of rotatable bonds is 3. The molecule has 0 atom stereocenters. The highest BCUT2D eigenvalue weighted by molar-refractivity contribution is 9.10. The lowest BCUT2D eigenvalue weighted by molar-refractivity contribution is -0.117. The Labute approximate surface area is 135 Å². The smallest absolute Gasteiger partial charge is 0.268 e. The van der Waals surface area contributed by atoms with Crippen molar-refractivity contribution in [2.24, 2.45) is 0 Å². The quantitative estimate of drug-likeness (QED) is 0.648. The van der Waals surface area contributed by atoms with Crippen LogP contribution in [-0.2, 0) is 4.79 Å². The predicted octanol–water partition coefficient (Wildman–Crippen LogP) is 3.29. The maximum atomic E-state index is 11.9. The minimum atomic E-state index is -0.386. The average molecular weight is 365 g/mol. The second-order valence-corrected chi connectivity index (χ2v) is 6.09. The minimum absolute atomic E-state index is 0.367. The summed E-state index contributed by atoms with van der Waals surface area (Å²) >= 11 is 4.89. The van der Waals surface area contributed by atoms with Gasteiger partial charge in [-0.2, -0.15) is 0 Å². The number of aryl methyl sites for hydroxylation is 1. The second-order valence-electron chi connectivity index (χ2n) is 4.26. The molecule has 0 aliphatic rings. The lowest BCUT2D eigenvalue weighted by atomic mass is 10.1. The molecule has 1 heterocycles. The van der Waals surface area contributed by atoms with E-state index in [2.05, 4.69) is 26.8 Å². The Kier molecular flexibility index (Phi) is 5.30. The van der Waals surface area contributed by atoms with Gasteiger partial charge in [-0.15, -0.1) is 11.3 Å². The summed E-state index contributed by atoms with van der Waals surface area (Å²) in [6, 6.07) is 9.04. The van der Waals surface area contributed by atoms with Crippen LogP contribution < -0.4 is 10.9 Å². The highest BCUT2D eigenvalue weighted by Gasteiger charge is 2.07. The van der Waals surface area contributed by atoms with Crippen molar-refractivity contribution < 1.29 is 9.59 Å². The molecule has 0 aliphatic heterocycles. The predicted molar refractivity (Wildman–Crippen MR) is 87.8 cm³/mol. The summed E-state index contributed by atoms with van der Waals surface area (Å²) in [5.74, 6) is -0.753. The van der Waals surface area contributed by atoms with Gasteiger partial charge in [-0.3, -0.25) is 20.4 Å². The molecule has 1 aromatic heterocycles. The van der Waals surface area contributed by atoms with Gasteiger partial charge in [0.1, 0.15) is 0 Å². The first kappa shape index (κ1) is 15.5. The lowest BCUT2D eigenvalue weighted by Gasteiger charge is -2.06. The van der Waals surface area contributed by atoms with E-state index in [-0.39, 0.29) is 11.8 Å². The van der Waals surface area contributed by atoms with Crippen molar-refractivity contribution in [2.75, 3.05) is 0 Å². The first-order chi connectivity index (χ1) is 10.1. The summed E-state index contributed by atoms with van der Waals surface area (Å²) < 4.78 is 0.846. The van der Waals surface area contributed by atoms with Crippen LogP contribution in [0.5, 0.6) is 0 Å². The Balaban J connectivity index is 1.88. The molecule has 0 unspecified atom stereocenters. The Bertz CT molecular complexity index is 681. The number of amides is 2. The molecule has 1 aromatic carbocycles. The molecule has 0 bridgehead atoms. The number of hydrogen-bond donors (Lipinski definition) is 2. The van der Waals surface area contributed by atoms with Gasteiger partial charge in [0.05, 0.1) is 0 Å². The van der Waals surface area contributed by atoms with Crippen molar-refractivity contribution in [3.8, 4) is 0 Å². The summed E-state index contributed by atoms with van der Waals surface area (Å²) in [5.41, 5.74) is 6.21. The molecule has 0 aliphatic carbocycles. The van der Waals surface area contributed by atoms with E-state index in [1.54, 1.807) is 18.2 Å². The largest absolute Gasteiger partial charge is 0.269 e. The molecule has 0 spiro atoms. The zero-order valence-corrected chi connectivity index (χ0v) is 13.6. The monoisotopic (exact) mass is 364 g/mol. The highest BCUT2D eigenvalue weighted by Crippen LogP contribution is 2.17. The van der Waals surface area contributed by atoms with Crippen LogP contribution in [0.15, 0.2) is 46.3 Å². The number of hydrazine groups is 1.